The Morgan fingerprint density at radius 2 is 1.86 bits per heavy atom. The lowest BCUT2D eigenvalue weighted by Gasteiger charge is -2.23. The van der Waals surface area contributed by atoms with E-state index in [9.17, 15) is 0 Å². The second kappa shape index (κ2) is 7.58. The van der Waals surface area contributed by atoms with Gasteiger partial charge in [-0.2, -0.15) is 11.8 Å². The second-order valence-corrected chi connectivity index (χ2v) is 6.33. The van der Waals surface area contributed by atoms with E-state index in [4.69, 9.17) is 0 Å². The molecule has 0 aliphatic carbocycles. The Balaban J connectivity index is 3.72. The number of thioether (sulfide) groups is 1. The van der Waals surface area contributed by atoms with Crippen LogP contribution in [0, 0.1) is 5.41 Å². The third-order valence-electron chi connectivity index (χ3n) is 2.26. The standard InChI is InChI=1S/C12H27NS/c1-6-13-11(10-14-7-2)8-9-12(3,4)5/h11,13H,6-10H2,1-5H3. The molecule has 0 aliphatic rings. The van der Waals surface area contributed by atoms with Crippen molar-refractivity contribution < 1.29 is 0 Å². The molecule has 86 valence electrons. The van der Waals surface area contributed by atoms with Gasteiger partial charge in [0.15, 0.2) is 0 Å². The first-order valence-corrected chi connectivity index (χ1v) is 6.96. The van der Waals surface area contributed by atoms with E-state index in [2.05, 4.69) is 39.9 Å². The van der Waals surface area contributed by atoms with E-state index in [0.29, 0.717) is 11.5 Å². The molecule has 1 nitrogen and oxygen atoms in total. The summed E-state index contributed by atoms with van der Waals surface area (Å²) in [6.45, 7) is 12.5. The van der Waals surface area contributed by atoms with Crippen molar-refractivity contribution in [2.75, 3.05) is 18.1 Å². The Labute approximate surface area is 94.4 Å². The highest BCUT2D eigenvalue weighted by Gasteiger charge is 2.14. The van der Waals surface area contributed by atoms with Gasteiger partial charge in [-0.25, -0.2) is 0 Å². The van der Waals surface area contributed by atoms with Gasteiger partial charge in [-0.05, 0) is 30.6 Å². The number of nitrogens with one attached hydrogen (secondary N) is 1. The predicted molar refractivity (Wildman–Crippen MR) is 69.2 cm³/mol. The van der Waals surface area contributed by atoms with Crippen LogP contribution in [-0.2, 0) is 0 Å². The average Bonchev–Trinajstić information content (AvgIpc) is 2.08. The van der Waals surface area contributed by atoms with Gasteiger partial charge >= 0.3 is 0 Å². The van der Waals surface area contributed by atoms with Crippen molar-refractivity contribution in [3.8, 4) is 0 Å². The van der Waals surface area contributed by atoms with E-state index in [0.717, 1.165) is 6.54 Å². The molecular formula is C12H27NS. The minimum atomic E-state index is 0.477. The first kappa shape index (κ1) is 14.3. The van der Waals surface area contributed by atoms with Gasteiger partial charge in [0.2, 0.25) is 0 Å². The lowest BCUT2D eigenvalue weighted by Crippen LogP contribution is -2.32. The summed E-state index contributed by atoms with van der Waals surface area (Å²) in [7, 11) is 0. The fourth-order valence-electron chi connectivity index (χ4n) is 1.40. The van der Waals surface area contributed by atoms with Crippen LogP contribution in [0.1, 0.15) is 47.5 Å². The second-order valence-electron chi connectivity index (χ2n) is 5.01. The zero-order valence-corrected chi connectivity index (χ0v) is 11.3. The van der Waals surface area contributed by atoms with Crippen molar-refractivity contribution >= 4 is 11.8 Å². The third kappa shape index (κ3) is 8.89. The normalized spacial score (nSPS) is 14.4. The van der Waals surface area contributed by atoms with Gasteiger partial charge in [0, 0.05) is 11.8 Å². The minimum Gasteiger partial charge on any atom is -0.313 e. The van der Waals surface area contributed by atoms with Crippen LogP contribution < -0.4 is 5.32 Å². The van der Waals surface area contributed by atoms with Crippen LogP contribution in [0.4, 0.5) is 0 Å². The average molecular weight is 217 g/mol. The Hall–Kier alpha value is 0.310. The molecule has 0 spiro atoms. The summed E-state index contributed by atoms with van der Waals surface area (Å²) < 4.78 is 0. The lowest BCUT2D eigenvalue weighted by atomic mass is 9.89. The van der Waals surface area contributed by atoms with Crippen LogP contribution >= 0.6 is 11.8 Å². The molecule has 0 rings (SSSR count). The molecule has 1 unspecified atom stereocenters. The lowest BCUT2D eigenvalue weighted by molar-refractivity contribution is 0.340. The third-order valence-corrected chi connectivity index (χ3v) is 3.31. The van der Waals surface area contributed by atoms with E-state index in [1.807, 2.05) is 11.8 Å². The molecule has 0 aromatic heterocycles. The Morgan fingerprint density at radius 3 is 2.29 bits per heavy atom. The van der Waals surface area contributed by atoms with Crippen LogP contribution in [0.2, 0.25) is 0 Å². The summed E-state index contributed by atoms with van der Waals surface area (Å²) in [5.41, 5.74) is 0.477. The van der Waals surface area contributed by atoms with Crippen LogP contribution in [0.15, 0.2) is 0 Å². The maximum atomic E-state index is 3.57. The first-order chi connectivity index (χ1) is 6.49. The topological polar surface area (TPSA) is 12.0 Å². The molecule has 0 radical (unpaired) electrons. The Morgan fingerprint density at radius 1 is 1.21 bits per heavy atom. The molecule has 0 saturated carbocycles. The molecule has 0 aliphatic heterocycles. The van der Waals surface area contributed by atoms with Gasteiger partial charge in [-0.1, -0.05) is 34.6 Å². The molecule has 0 bridgehead atoms. The molecule has 1 N–H and O–H groups in total. The molecule has 0 heterocycles. The molecule has 2 heteroatoms. The van der Waals surface area contributed by atoms with Gasteiger partial charge in [0.25, 0.3) is 0 Å². The molecule has 0 aromatic rings. The van der Waals surface area contributed by atoms with E-state index in [-0.39, 0.29) is 0 Å². The zero-order chi connectivity index (χ0) is 11.0. The summed E-state index contributed by atoms with van der Waals surface area (Å²) in [4.78, 5) is 0. The fourth-order valence-corrected chi connectivity index (χ4v) is 2.21. The quantitative estimate of drug-likeness (QED) is 0.700. The van der Waals surface area contributed by atoms with E-state index < -0.39 is 0 Å². The maximum absolute atomic E-state index is 3.57. The summed E-state index contributed by atoms with van der Waals surface area (Å²) >= 11 is 2.04. The highest BCUT2D eigenvalue weighted by atomic mass is 32.2. The summed E-state index contributed by atoms with van der Waals surface area (Å²) in [5, 5.41) is 3.57. The van der Waals surface area contributed by atoms with Gasteiger partial charge in [0.05, 0.1) is 0 Å². The predicted octanol–water partition coefficient (Wildman–Crippen LogP) is 3.54. The van der Waals surface area contributed by atoms with E-state index >= 15 is 0 Å². The summed E-state index contributed by atoms with van der Waals surface area (Å²) in [5.74, 6) is 2.50. The Bertz CT molecular complexity index is 129. The molecule has 14 heavy (non-hydrogen) atoms. The van der Waals surface area contributed by atoms with Crippen LogP contribution in [0.5, 0.6) is 0 Å². The molecule has 0 amide bonds. The van der Waals surface area contributed by atoms with Crippen molar-refractivity contribution in [3.05, 3.63) is 0 Å². The van der Waals surface area contributed by atoms with Gasteiger partial charge in [0.1, 0.15) is 0 Å². The summed E-state index contributed by atoms with van der Waals surface area (Å²) in [6, 6.07) is 0.712. The minimum absolute atomic E-state index is 0.477. The SMILES string of the molecule is CCNC(CCC(C)(C)C)CSCC. The zero-order valence-electron chi connectivity index (χ0n) is 10.5. The highest BCUT2D eigenvalue weighted by Crippen LogP contribution is 2.22. The van der Waals surface area contributed by atoms with Crippen molar-refractivity contribution in [1.82, 2.24) is 5.32 Å². The molecule has 0 saturated heterocycles. The highest BCUT2D eigenvalue weighted by molar-refractivity contribution is 7.99. The maximum Gasteiger partial charge on any atom is 0.0158 e. The fraction of sp³-hybridized carbons (Fsp3) is 1.00. The van der Waals surface area contributed by atoms with Crippen molar-refractivity contribution in [2.45, 2.75) is 53.5 Å². The monoisotopic (exact) mass is 217 g/mol. The van der Waals surface area contributed by atoms with E-state index in [1.54, 1.807) is 0 Å². The molecule has 1 atom stereocenters. The number of rotatable bonds is 7. The van der Waals surface area contributed by atoms with Crippen molar-refractivity contribution in [1.29, 1.82) is 0 Å². The van der Waals surface area contributed by atoms with Gasteiger partial charge in [-0.3, -0.25) is 0 Å². The smallest absolute Gasteiger partial charge is 0.0158 e. The summed E-state index contributed by atoms with van der Waals surface area (Å²) in [6.07, 6.45) is 2.62. The van der Waals surface area contributed by atoms with Crippen LogP contribution in [0.25, 0.3) is 0 Å². The van der Waals surface area contributed by atoms with E-state index in [1.165, 1.54) is 24.3 Å². The number of hydrogen-bond acceptors (Lipinski definition) is 2. The molecular weight excluding hydrogens is 190 g/mol. The van der Waals surface area contributed by atoms with Crippen molar-refractivity contribution in [3.63, 3.8) is 0 Å². The Kier molecular flexibility index (Phi) is 7.75. The van der Waals surface area contributed by atoms with Crippen molar-refractivity contribution in [2.24, 2.45) is 5.41 Å². The number of hydrogen-bond donors (Lipinski definition) is 1. The van der Waals surface area contributed by atoms with Gasteiger partial charge in [-0.15, -0.1) is 0 Å². The first-order valence-electron chi connectivity index (χ1n) is 5.80. The molecule has 0 aromatic carbocycles. The largest absolute Gasteiger partial charge is 0.313 e. The van der Waals surface area contributed by atoms with Crippen LogP contribution in [-0.4, -0.2) is 24.1 Å². The van der Waals surface area contributed by atoms with Crippen LogP contribution in [0.3, 0.4) is 0 Å². The van der Waals surface area contributed by atoms with Gasteiger partial charge < -0.3 is 5.32 Å². The molecule has 0 fully saturated rings.